The maximum atomic E-state index is 12.5. The molecule has 0 saturated heterocycles. The number of rotatable bonds is 9. The Balaban J connectivity index is 0.000000187. The van der Waals surface area contributed by atoms with Gasteiger partial charge in [-0.15, -0.1) is 11.3 Å². The first-order valence-electron chi connectivity index (χ1n) is 16.6. The highest BCUT2D eigenvalue weighted by molar-refractivity contribution is 7.93. The number of hydrogen-bond donors (Lipinski definition) is 4. The molecule has 0 radical (unpaired) electrons. The summed E-state index contributed by atoms with van der Waals surface area (Å²) in [5, 5.41) is 14.0. The van der Waals surface area contributed by atoms with E-state index in [-0.39, 0.29) is 42.0 Å². The number of thiazole rings is 1. The average Bonchev–Trinajstić information content (AvgIpc) is 3.78. The first-order chi connectivity index (χ1) is 26.2. The van der Waals surface area contributed by atoms with E-state index in [0.717, 1.165) is 53.0 Å². The molecule has 0 bridgehead atoms. The van der Waals surface area contributed by atoms with Crippen LogP contribution >= 0.6 is 34.3 Å². The van der Waals surface area contributed by atoms with Gasteiger partial charge < -0.3 is 9.84 Å². The van der Waals surface area contributed by atoms with Gasteiger partial charge in [-0.3, -0.25) is 14.8 Å². The number of ether oxygens (including phenoxy) is 1. The molecule has 5 aromatic rings. The monoisotopic (exact) mass is 841 g/mol. The first kappa shape index (κ1) is 39.6. The highest BCUT2D eigenvalue weighted by atomic mass is 35.5. The summed E-state index contributed by atoms with van der Waals surface area (Å²) in [5.74, 6) is -1.44. The predicted molar refractivity (Wildman–Crippen MR) is 208 cm³/mol. The van der Waals surface area contributed by atoms with Gasteiger partial charge in [0.05, 0.1) is 33.0 Å². The molecule has 1 aliphatic carbocycles. The fourth-order valence-corrected chi connectivity index (χ4v) is 10.6. The van der Waals surface area contributed by atoms with Crippen molar-refractivity contribution in [2.75, 3.05) is 16.6 Å². The van der Waals surface area contributed by atoms with E-state index in [4.69, 9.17) is 16.3 Å². The molecule has 286 valence electrons. The van der Waals surface area contributed by atoms with Crippen LogP contribution in [-0.2, 0) is 42.4 Å². The van der Waals surface area contributed by atoms with Gasteiger partial charge in [0.1, 0.15) is 14.8 Å². The zero-order chi connectivity index (χ0) is 39.5. The number of thiophene rings is 1. The predicted octanol–water partition coefficient (Wildman–Crippen LogP) is 5.28. The number of nitrogens with one attached hydrogen (secondary N) is 3. The summed E-state index contributed by atoms with van der Waals surface area (Å²) in [5.41, 5.74) is 2.33. The van der Waals surface area contributed by atoms with E-state index in [9.17, 15) is 36.3 Å². The maximum Gasteiger partial charge on any atom is 0.341 e. The van der Waals surface area contributed by atoms with Crippen LogP contribution in [0.3, 0.4) is 0 Å². The number of esters is 1. The number of urea groups is 1. The summed E-state index contributed by atoms with van der Waals surface area (Å²) in [6, 6.07) is 18.1. The molecule has 0 fully saturated rings. The molecule has 1 aliphatic heterocycles. The molecule has 19 heteroatoms. The van der Waals surface area contributed by atoms with E-state index in [1.165, 1.54) is 41.7 Å². The zero-order valence-corrected chi connectivity index (χ0v) is 33.1. The number of para-hydroxylation sites is 1. The second-order valence-corrected chi connectivity index (χ2v) is 17.9. The van der Waals surface area contributed by atoms with Crippen LogP contribution in [0.5, 0.6) is 5.88 Å². The van der Waals surface area contributed by atoms with E-state index in [1.54, 1.807) is 49.4 Å². The van der Waals surface area contributed by atoms with Crippen molar-refractivity contribution in [3.8, 4) is 5.88 Å². The van der Waals surface area contributed by atoms with Gasteiger partial charge in [-0.05, 0) is 75.4 Å². The Morgan fingerprint density at radius 1 is 0.927 bits per heavy atom. The Morgan fingerprint density at radius 2 is 1.62 bits per heavy atom. The van der Waals surface area contributed by atoms with E-state index >= 15 is 0 Å². The van der Waals surface area contributed by atoms with Crippen molar-refractivity contribution in [3.05, 3.63) is 115 Å². The Labute approximate surface area is 328 Å². The van der Waals surface area contributed by atoms with Crippen LogP contribution in [0.15, 0.2) is 87.6 Å². The minimum Gasteiger partial charge on any atom is -0.492 e. The van der Waals surface area contributed by atoms with Crippen molar-refractivity contribution in [2.45, 2.75) is 49.3 Å². The SMILES string of the molecule is CCOC(=O)c1c(NC(=O)NS(=O)(=O)c2ccccc2Cl)sc2c1CCCC2.Cc1ccc(S(=O)(=O)Nc2nc(O)c(C3=c4ccccc4=NC3=O)s2)cc1. The van der Waals surface area contributed by atoms with Crippen LogP contribution in [0.2, 0.25) is 5.02 Å². The number of carbonyl (C=O) groups excluding carboxylic acids is 3. The molecule has 3 amide bonds. The lowest BCUT2D eigenvalue weighted by atomic mass is 9.95. The number of anilines is 2. The van der Waals surface area contributed by atoms with Crippen LogP contribution < -0.4 is 25.3 Å². The molecular weight excluding hydrogens is 810 g/mol. The number of aromatic nitrogens is 1. The number of benzene rings is 3. The number of carbonyl (C=O) groups is 3. The van der Waals surface area contributed by atoms with Gasteiger partial charge in [-0.2, -0.15) is 4.98 Å². The lowest BCUT2D eigenvalue weighted by molar-refractivity contribution is -0.112. The van der Waals surface area contributed by atoms with E-state index < -0.39 is 43.8 Å². The van der Waals surface area contributed by atoms with Gasteiger partial charge in [-0.25, -0.2) is 36.1 Å². The molecule has 0 unspecified atom stereocenters. The lowest BCUT2D eigenvalue weighted by Crippen LogP contribution is -2.34. The van der Waals surface area contributed by atoms with Gasteiger partial charge in [0.15, 0.2) is 0 Å². The van der Waals surface area contributed by atoms with Crippen LogP contribution in [0.25, 0.3) is 5.57 Å². The molecule has 0 spiro atoms. The Kier molecular flexibility index (Phi) is 11.7. The Bertz CT molecular complexity index is 2680. The van der Waals surface area contributed by atoms with Crippen molar-refractivity contribution in [1.29, 1.82) is 0 Å². The van der Waals surface area contributed by atoms with Crippen LogP contribution in [0.4, 0.5) is 14.9 Å². The van der Waals surface area contributed by atoms with E-state index in [0.29, 0.717) is 16.1 Å². The van der Waals surface area contributed by atoms with Gasteiger partial charge >= 0.3 is 12.0 Å². The molecule has 7 rings (SSSR count). The van der Waals surface area contributed by atoms with Gasteiger partial charge in [0.2, 0.25) is 11.0 Å². The van der Waals surface area contributed by atoms with Crippen molar-refractivity contribution in [2.24, 2.45) is 4.99 Å². The molecule has 3 heterocycles. The molecule has 0 atom stereocenters. The number of amides is 3. The molecule has 0 saturated carbocycles. The van der Waals surface area contributed by atoms with Crippen LogP contribution in [0, 0.1) is 6.92 Å². The smallest absolute Gasteiger partial charge is 0.341 e. The third-order valence-corrected chi connectivity index (χ3v) is 13.7. The van der Waals surface area contributed by atoms with Gasteiger partial charge in [-0.1, -0.05) is 71.0 Å². The fourth-order valence-electron chi connectivity index (χ4n) is 5.73. The normalized spacial score (nSPS) is 13.4. The summed E-state index contributed by atoms with van der Waals surface area (Å²) in [6.45, 7) is 3.76. The summed E-state index contributed by atoms with van der Waals surface area (Å²) in [7, 11) is -8.02. The van der Waals surface area contributed by atoms with E-state index in [1.807, 2.05) is 11.6 Å². The minimum absolute atomic E-state index is 0.00148. The minimum atomic E-state index is -4.16. The zero-order valence-electron chi connectivity index (χ0n) is 29.1. The summed E-state index contributed by atoms with van der Waals surface area (Å²) < 4.78 is 59.2. The van der Waals surface area contributed by atoms with Crippen molar-refractivity contribution in [3.63, 3.8) is 0 Å². The summed E-state index contributed by atoms with van der Waals surface area (Å²) >= 11 is 8.07. The first-order valence-corrected chi connectivity index (χ1v) is 21.6. The fraction of sp³-hybridized carbons (Fsp3) is 0.194. The highest BCUT2D eigenvalue weighted by Gasteiger charge is 2.29. The average molecular weight is 842 g/mol. The Morgan fingerprint density at radius 3 is 2.35 bits per heavy atom. The molecule has 3 aromatic carbocycles. The summed E-state index contributed by atoms with van der Waals surface area (Å²) in [6.07, 6.45) is 3.49. The molecule has 14 nitrogen and oxygen atoms in total. The van der Waals surface area contributed by atoms with Crippen LogP contribution in [0.1, 0.15) is 51.0 Å². The molecule has 2 aromatic heterocycles. The number of fused-ring (bicyclic) bond motifs is 2. The van der Waals surface area contributed by atoms with Crippen LogP contribution in [-0.4, -0.2) is 51.4 Å². The quantitative estimate of drug-likeness (QED) is 0.141. The second kappa shape index (κ2) is 16.3. The molecule has 55 heavy (non-hydrogen) atoms. The number of aromatic hydroxyl groups is 1. The number of nitrogens with zero attached hydrogens (tertiary/aromatic N) is 2. The summed E-state index contributed by atoms with van der Waals surface area (Å²) in [4.78, 5) is 45.9. The largest absolute Gasteiger partial charge is 0.492 e. The third kappa shape index (κ3) is 8.73. The highest BCUT2D eigenvalue weighted by Crippen LogP contribution is 2.39. The molecular formula is C36H32ClN5O9S4. The third-order valence-electron chi connectivity index (χ3n) is 8.23. The maximum absolute atomic E-state index is 12.5. The lowest BCUT2D eigenvalue weighted by Gasteiger charge is -2.12. The number of aryl methyl sites for hydroxylation is 2. The number of halogens is 1. The van der Waals surface area contributed by atoms with Crippen molar-refractivity contribution in [1.82, 2.24) is 9.71 Å². The van der Waals surface area contributed by atoms with Crippen molar-refractivity contribution >= 4 is 87.9 Å². The number of hydrogen-bond acceptors (Lipinski definition) is 12. The number of sulfonamides is 2. The molecule has 4 N–H and O–H groups in total. The second-order valence-electron chi connectivity index (χ2n) is 12.0. The van der Waals surface area contributed by atoms with Gasteiger partial charge in [0.25, 0.3) is 26.0 Å². The molecule has 2 aliphatic rings. The van der Waals surface area contributed by atoms with Gasteiger partial charge in [0, 0.05) is 10.1 Å². The Hall–Kier alpha value is -5.14. The topological polar surface area (TPSA) is 210 Å². The van der Waals surface area contributed by atoms with E-state index in [2.05, 4.69) is 20.0 Å². The van der Waals surface area contributed by atoms with Crippen molar-refractivity contribution < 1.29 is 41.1 Å². The standard InChI is InChI=1S/C18H19ClN2O5S2.C18H13N3O4S2/c1-2-26-17(22)15-11-7-3-5-9-13(11)27-16(15)20-18(23)21-28(24,25)14-10-6-4-8-12(14)19;1-10-6-8-11(9-7-10)27(24,25)21-18-20-17(23)15(26-18)14-12-4-2-3-5-13(12)19-16(14)22/h4,6,8,10H,2-3,5,7,9H2,1H3,(H2,20,21,23);2-9,23H,1H3,(H,20,21).